The molecule has 2 aromatic heterocycles. The highest BCUT2D eigenvalue weighted by atomic mass is 35.5. The second kappa shape index (κ2) is 7.46. The van der Waals surface area contributed by atoms with Gasteiger partial charge < -0.3 is 10.2 Å². The molecule has 0 aliphatic carbocycles. The zero-order chi connectivity index (χ0) is 16.9. The normalized spacial score (nSPS) is 16.5. The lowest BCUT2D eigenvalue weighted by molar-refractivity contribution is -0.421. The zero-order valence-corrected chi connectivity index (χ0v) is 14.3. The van der Waals surface area contributed by atoms with Crippen molar-refractivity contribution in [2.75, 3.05) is 13.1 Å². The van der Waals surface area contributed by atoms with E-state index >= 15 is 0 Å². The number of allylic oxidation sites excluding steroid dienone is 1. The van der Waals surface area contributed by atoms with E-state index in [1.165, 1.54) is 0 Å². The third-order valence-corrected chi connectivity index (χ3v) is 4.49. The van der Waals surface area contributed by atoms with Crippen LogP contribution in [0.15, 0.2) is 52.8 Å². The molecular weight excluding hydrogens is 348 g/mol. The molecule has 3 heterocycles. The predicted molar refractivity (Wildman–Crippen MR) is 95.0 cm³/mol. The van der Waals surface area contributed by atoms with Crippen LogP contribution in [0.5, 0.6) is 0 Å². The third kappa shape index (κ3) is 3.93. The third-order valence-electron chi connectivity index (χ3n) is 3.57. The van der Waals surface area contributed by atoms with Crippen LogP contribution in [0.4, 0.5) is 0 Å². The molecule has 1 saturated heterocycles. The van der Waals surface area contributed by atoms with Crippen molar-refractivity contribution in [1.82, 2.24) is 15.2 Å². The first-order chi connectivity index (χ1) is 11.6. The van der Waals surface area contributed by atoms with Gasteiger partial charge in [-0.3, -0.25) is 10.1 Å². The summed E-state index contributed by atoms with van der Waals surface area (Å²) in [7, 11) is 0. The van der Waals surface area contributed by atoms with Gasteiger partial charge in [0.05, 0.1) is 4.92 Å². The van der Waals surface area contributed by atoms with Gasteiger partial charge in [-0.1, -0.05) is 17.7 Å². The van der Waals surface area contributed by atoms with E-state index in [1.54, 1.807) is 35.8 Å². The first-order valence-electron chi connectivity index (χ1n) is 7.31. The maximum Gasteiger partial charge on any atom is 0.309 e. The Morgan fingerprint density at radius 2 is 2.38 bits per heavy atom. The van der Waals surface area contributed by atoms with E-state index in [0.717, 1.165) is 11.1 Å². The second-order valence-electron chi connectivity index (χ2n) is 5.22. The summed E-state index contributed by atoms with van der Waals surface area (Å²) in [5.74, 6) is 0.529. The Kier molecular flexibility index (Phi) is 5.12. The van der Waals surface area contributed by atoms with E-state index in [4.69, 9.17) is 11.6 Å². The minimum atomic E-state index is -0.358. The topological polar surface area (TPSA) is 71.3 Å². The van der Waals surface area contributed by atoms with Crippen molar-refractivity contribution in [3.8, 4) is 0 Å². The highest BCUT2D eigenvalue weighted by molar-refractivity contribution is 7.08. The smallest absolute Gasteiger partial charge is 0.309 e. The van der Waals surface area contributed by atoms with Crippen LogP contribution in [0.25, 0.3) is 6.08 Å². The summed E-state index contributed by atoms with van der Waals surface area (Å²) in [5.41, 5.74) is 1.96. The first-order valence-corrected chi connectivity index (χ1v) is 8.64. The molecule has 1 N–H and O–H groups in total. The van der Waals surface area contributed by atoms with Crippen molar-refractivity contribution in [3.05, 3.63) is 79.1 Å². The summed E-state index contributed by atoms with van der Waals surface area (Å²) in [4.78, 5) is 17.1. The number of nitro groups is 1. The van der Waals surface area contributed by atoms with Crippen LogP contribution in [0.3, 0.4) is 0 Å². The van der Waals surface area contributed by atoms with Crippen LogP contribution in [0.2, 0.25) is 5.15 Å². The Hall–Kier alpha value is -2.38. The van der Waals surface area contributed by atoms with Crippen molar-refractivity contribution >= 4 is 29.0 Å². The summed E-state index contributed by atoms with van der Waals surface area (Å²) < 4.78 is 0. The SMILES string of the molecule is O=[N+]([O-])C(/C=C/c1ccsc1)=C1\NCCN1Cc1ccc(Cl)nc1. The average Bonchev–Trinajstić information content (AvgIpc) is 3.22. The van der Waals surface area contributed by atoms with Crippen LogP contribution in [0.1, 0.15) is 11.1 Å². The van der Waals surface area contributed by atoms with Crippen molar-refractivity contribution in [1.29, 1.82) is 0 Å². The van der Waals surface area contributed by atoms with Gasteiger partial charge in [0.15, 0.2) is 5.82 Å². The Morgan fingerprint density at radius 3 is 3.04 bits per heavy atom. The Bertz CT molecular complexity index is 772. The summed E-state index contributed by atoms with van der Waals surface area (Å²) in [6.45, 7) is 1.90. The van der Waals surface area contributed by atoms with Crippen LogP contribution < -0.4 is 5.32 Å². The van der Waals surface area contributed by atoms with E-state index < -0.39 is 0 Å². The van der Waals surface area contributed by atoms with Gasteiger partial charge in [0.2, 0.25) is 0 Å². The molecule has 0 unspecified atom stereocenters. The molecule has 0 atom stereocenters. The first kappa shape index (κ1) is 16.5. The molecular formula is C16H15ClN4O2S. The monoisotopic (exact) mass is 362 g/mol. The van der Waals surface area contributed by atoms with E-state index in [-0.39, 0.29) is 10.6 Å². The van der Waals surface area contributed by atoms with Crippen LogP contribution in [0, 0.1) is 10.1 Å². The fourth-order valence-electron chi connectivity index (χ4n) is 2.44. The van der Waals surface area contributed by atoms with Gasteiger partial charge >= 0.3 is 5.70 Å². The maximum atomic E-state index is 11.5. The highest BCUT2D eigenvalue weighted by Crippen LogP contribution is 2.19. The van der Waals surface area contributed by atoms with Gasteiger partial charge in [-0.2, -0.15) is 11.3 Å². The van der Waals surface area contributed by atoms with E-state index in [2.05, 4.69) is 10.3 Å². The van der Waals surface area contributed by atoms with Crippen LogP contribution in [-0.2, 0) is 6.54 Å². The molecule has 8 heteroatoms. The minimum Gasteiger partial charge on any atom is -0.364 e. The Labute approximate surface area is 148 Å². The number of hydrogen-bond acceptors (Lipinski definition) is 6. The van der Waals surface area contributed by atoms with Gasteiger partial charge in [0.1, 0.15) is 5.15 Å². The molecule has 0 amide bonds. The number of hydrogen-bond donors (Lipinski definition) is 1. The van der Waals surface area contributed by atoms with Gasteiger partial charge in [-0.25, -0.2) is 4.98 Å². The summed E-state index contributed by atoms with van der Waals surface area (Å²) in [5, 5.41) is 18.9. The molecule has 6 nitrogen and oxygen atoms in total. The largest absolute Gasteiger partial charge is 0.364 e. The van der Waals surface area contributed by atoms with Crippen LogP contribution >= 0.6 is 22.9 Å². The van der Waals surface area contributed by atoms with Crippen molar-refractivity contribution in [3.63, 3.8) is 0 Å². The van der Waals surface area contributed by atoms with E-state index in [1.807, 2.05) is 27.8 Å². The van der Waals surface area contributed by atoms with E-state index in [0.29, 0.717) is 30.6 Å². The van der Waals surface area contributed by atoms with Gasteiger partial charge in [0.25, 0.3) is 0 Å². The molecule has 3 rings (SSSR count). The fraction of sp³-hybridized carbons (Fsp3) is 0.188. The predicted octanol–water partition coefficient (Wildman–Crippen LogP) is 3.36. The summed E-state index contributed by atoms with van der Waals surface area (Å²) in [6, 6.07) is 5.51. The number of pyridine rings is 1. The lowest BCUT2D eigenvalue weighted by atomic mass is 10.2. The van der Waals surface area contributed by atoms with Crippen molar-refractivity contribution in [2.24, 2.45) is 0 Å². The lowest BCUT2D eigenvalue weighted by Gasteiger charge is -2.18. The maximum absolute atomic E-state index is 11.5. The standard InChI is InChI=1S/C16H15ClN4O2S/c17-15-4-2-13(9-19-15)10-20-7-6-18-16(20)14(21(22)23)3-1-12-5-8-24-11-12/h1-5,8-9,11,18H,6-7,10H2/b3-1+,16-14+. The fourth-order valence-corrected chi connectivity index (χ4v) is 3.18. The average molecular weight is 363 g/mol. The van der Waals surface area contributed by atoms with Crippen LogP contribution in [-0.4, -0.2) is 27.9 Å². The number of aromatic nitrogens is 1. The van der Waals surface area contributed by atoms with E-state index in [9.17, 15) is 10.1 Å². The Morgan fingerprint density at radius 1 is 1.50 bits per heavy atom. The number of nitrogens with one attached hydrogen (secondary N) is 1. The molecule has 1 fully saturated rings. The zero-order valence-electron chi connectivity index (χ0n) is 12.7. The van der Waals surface area contributed by atoms with Crippen molar-refractivity contribution < 1.29 is 4.92 Å². The molecule has 0 spiro atoms. The highest BCUT2D eigenvalue weighted by Gasteiger charge is 2.26. The summed E-state index contributed by atoms with van der Waals surface area (Å²) >= 11 is 7.35. The molecule has 1 aliphatic heterocycles. The molecule has 0 saturated carbocycles. The molecule has 2 aromatic rings. The Balaban J connectivity index is 1.85. The second-order valence-corrected chi connectivity index (χ2v) is 6.39. The number of halogens is 1. The molecule has 0 bridgehead atoms. The molecule has 24 heavy (non-hydrogen) atoms. The molecule has 0 aromatic carbocycles. The number of rotatable bonds is 5. The molecule has 1 aliphatic rings. The van der Waals surface area contributed by atoms with Gasteiger partial charge in [-0.05, 0) is 40.1 Å². The number of thiophene rings is 1. The molecule has 0 radical (unpaired) electrons. The lowest BCUT2D eigenvalue weighted by Crippen LogP contribution is -2.23. The van der Waals surface area contributed by atoms with Crippen molar-refractivity contribution in [2.45, 2.75) is 6.54 Å². The quantitative estimate of drug-likeness (QED) is 0.501. The van der Waals surface area contributed by atoms with Gasteiger partial charge in [-0.15, -0.1) is 0 Å². The molecule has 124 valence electrons. The number of nitrogens with zero attached hydrogens (tertiary/aromatic N) is 3. The van der Waals surface area contributed by atoms with Gasteiger partial charge in [0, 0.05) is 31.9 Å². The summed E-state index contributed by atoms with van der Waals surface area (Å²) in [6.07, 6.45) is 4.98. The minimum absolute atomic E-state index is 0.0561.